The van der Waals surface area contributed by atoms with E-state index < -0.39 is 5.82 Å². The van der Waals surface area contributed by atoms with Crippen molar-refractivity contribution in [3.8, 4) is 5.88 Å². The highest BCUT2D eigenvalue weighted by molar-refractivity contribution is 5.43. The van der Waals surface area contributed by atoms with Crippen LogP contribution in [0.4, 0.5) is 10.2 Å². The molecular formula is C10H14FN3O. The Bertz CT molecular complexity index is 339. The summed E-state index contributed by atoms with van der Waals surface area (Å²) in [5.41, 5.74) is 0. The molecule has 0 spiro atoms. The fourth-order valence-electron chi connectivity index (χ4n) is 1.73. The minimum atomic E-state index is -0.443. The fraction of sp³-hybridized carbons (Fsp3) is 0.600. The smallest absolute Gasteiger partial charge is 0.255 e. The first-order chi connectivity index (χ1) is 7.33. The SMILES string of the molecule is CCOc1ncnc(N2CCCC2)c1F. The van der Waals surface area contributed by atoms with Gasteiger partial charge in [-0.3, -0.25) is 0 Å². The molecule has 0 bridgehead atoms. The van der Waals surface area contributed by atoms with Crippen molar-refractivity contribution in [3.63, 3.8) is 0 Å². The lowest BCUT2D eigenvalue weighted by Gasteiger charge is -2.17. The molecular weight excluding hydrogens is 197 g/mol. The van der Waals surface area contributed by atoms with Crippen LogP contribution >= 0.6 is 0 Å². The van der Waals surface area contributed by atoms with E-state index in [0.717, 1.165) is 25.9 Å². The van der Waals surface area contributed by atoms with Gasteiger partial charge in [-0.2, -0.15) is 9.37 Å². The third-order valence-electron chi connectivity index (χ3n) is 2.43. The van der Waals surface area contributed by atoms with Gasteiger partial charge in [-0.25, -0.2) is 4.98 Å². The van der Waals surface area contributed by atoms with Crippen LogP contribution in [0.1, 0.15) is 19.8 Å². The number of nitrogens with zero attached hydrogens (tertiary/aromatic N) is 3. The molecule has 1 saturated heterocycles. The first kappa shape index (κ1) is 10.1. The minimum absolute atomic E-state index is 0.0504. The van der Waals surface area contributed by atoms with Crippen LogP contribution in [0.15, 0.2) is 6.33 Å². The van der Waals surface area contributed by atoms with E-state index in [0.29, 0.717) is 12.4 Å². The van der Waals surface area contributed by atoms with Gasteiger partial charge < -0.3 is 9.64 Å². The molecule has 0 radical (unpaired) electrons. The van der Waals surface area contributed by atoms with Gasteiger partial charge in [0.1, 0.15) is 6.33 Å². The number of hydrogen-bond donors (Lipinski definition) is 0. The summed E-state index contributed by atoms with van der Waals surface area (Å²) >= 11 is 0. The zero-order valence-corrected chi connectivity index (χ0v) is 8.74. The number of halogens is 1. The maximum absolute atomic E-state index is 13.8. The summed E-state index contributed by atoms with van der Waals surface area (Å²) in [6.07, 6.45) is 3.53. The summed E-state index contributed by atoms with van der Waals surface area (Å²) in [5, 5.41) is 0. The predicted molar refractivity (Wildman–Crippen MR) is 54.6 cm³/mol. The normalized spacial score (nSPS) is 15.7. The second kappa shape index (κ2) is 4.42. The third-order valence-corrected chi connectivity index (χ3v) is 2.43. The lowest BCUT2D eigenvalue weighted by Crippen LogP contribution is -2.21. The van der Waals surface area contributed by atoms with Crippen LogP contribution in [0.3, 0.4) is 0 Å². The Balaban J connectivity index is 2.26. The Morgan fingerprint density at radius 1 is 1.40 bits per heavy atom. The number of rotatable bonds is 3. The molecule has 4 nitrogen and oxygen atoms in total. The van der Waals surface area contributed by atoms with E-state index in [1.54, 1.807) is 6.92 Å². The van der Waals surface area contributed by atoms with Gasteiger partial charge in [0, 0.05) is 13.1 Å². The van der Waals surface area contributed by atoms with Gasteiger partial charge in [0.2, 0.25) is 5.82 Å². The Morgan fingerprint density at radius 3 is 2.80 bits per heavy atom. The molecule has 1 aliphatic heterocycles. The molecule has 0 saturated carbocycles. The van der Waals surface area contributed by atoms with E-state index in [4.69, 9.17) is 4.74 Å². The highest BCUT2D eigenvalue weighted by Gasteiger charge is 2.20. The lowest BCUT2D eigenvalue weighted by atomic mass is 10.4. The number of aromatic nitrogens is 2. The van der Waals surface area contributed by atoms with Crippen LogP contribution in [0, 0.1) is 5.82 Å². The molecule has 0 atom stereocenters. The molecule has 1 fully saturated rings. The van der Waals surface area contributed by atoms with Crippen LogP contribution in [0.5, 0.6) is 5.88 Å². The molecule has 5 heteroatoms. The van der Waals surface area contributed by atoms with Crippen molar-refractivity contribution >= 4 is 5.82 Å². The monoisotopic (exact) mass is 211 g/mol. The van der Waals surface area contributed by atoms with Crippen molar-refractivity contribution in [1.82, 2.24) is 9.97 Å². The lowest BCUT2D eigenvalue weighted by molar-refractivity contribution is 0.306. The quantitative estimate of drug-likeness (QED) is 0.761. The molecule has 1 aliphatic rings. The summed E-state index contributed by atoms with van der Waals surface area (Å²) in [5.74, 6) is -0.0263. The van der Waals surface area contributed by atoms with Gasteiger partial charge in [0.05, 0.1) is 6.61 Å². The van der Waals surface area contributed by atoms with Crippen LogP contribution < -0.4 is 9.64 Å². The molecule has 82 valence electrons. The first-order valence-electron chi connectivity index (χ1n) is 5.21. The predicted octanol–water partition coefficient (Wildman–Crippen LogP) is 1.61. The Kier molecular flexibility index (Phi) is 2.99. The average Bonchev–Trinajstić information content (AvgIpc) is 2.74. The molecule has 2 rings (SSSR count). The highest BCUT2D eigenvalue weighted by Crippen LogP contribution is 2.25. The molecule has 2 heterocycles. The molecule has 0 amide bonds. The number of hydrogen-bond acceptors (Lipinski definition) is 4. The van der Waals surface area contributed by atoms with Crippen molar-refractivity contribution in [2.24, 2.45) is 0 Å². The van der Waals surface area contributed by atoms with Crippen LogP contribution in [-0.2, 0) is 0 Å². The molecule has 15 heavy (non-hydrogen) atoms. The average molecular weight is 211 g/mol. The third kappa shape index (κ3) is 2.00. The van der Waals surface area contributed by atoms with Gasteiger partial charge in [0.15, 0.2) is 5.82 Å². The summed E-state index contributed by atoms with van der Waals surface area (Å²) < 4.78 is 18.9. The maximum atomic E-state index is 13.8. The molecule has 0 aromatic carbocycles. The standard InChI is InChI=1S/C10H14FN3O/c1-2-15-10-8(11)9(12-7-13-10)14-5-3-4-6-14/h7H,2-6H2,1H3. The van der Waals surface area contributed by atoms with Gasteiger partial charge in [-0.05, 0) is 19.8 Å². The van der Waals surface area contributed by atoms with E-state index in [-0.39, 0.29) is 5.88 Å². The molecule has 0 aliphatic carbocycles. The topological polar surface area (TPSA) is 38.3 Å². The zero-order chi connectivity index (χ0) is 10.7. The summed E-state index contributed by atoms with van der Waals surface area (Å²) in [7, 11) is 0. The Hall–Kier alpha value is -1.39. The maximum Gasteiger partial charge on any atom is 0.255 e. The highest BCUT2D eigenvalue weighted by atomic mass is 19.1. The van der Waals surface area contributed by atoms with Crippen LogP contribution in [0.25, 0.3) is 0 Å². The zero-order valence-electron chi connectivity index (χ0n) is 8.74. The fourth-order valence-corrected chi connectivity index (χ4v) is 1.73. The second-order valence-electron chi connectivity index (χ2n) is 3.44. The van der Waals surface area contributed by atoms with E-state index in [1.807, 2.05) is 4.90 Å². The van der Waals surface area contributed by atoms with Gasteiger partial charge in [-0.1, -0.05) is 0 Å². The summed E-state index contributed by atoms with van der Waals surface area (Å²) in [4.78, 5) is 9.66. The molecule has 1 aromatic heterocycles. The van der Waals surface area contributed by atoms with E-state index in [1.165, 1.54) is 6.33 Å². The second-order valence-corrected chi connectivity index (χ2v) is 3.44. The van der Waals surface area contributed by atoms with Crippen molar-refractivity contribution < 1.29 is 9.13 Å². The Labute approximate surface area is 88.1 Å². The molecule has 0 N–H and O–H groups in total. The van der Waals surface area contributed by atoms with Crippen molar-refractivity contribution in [2.75, 3.05) is 24.6 Å². The van der Waals surface area contributed by atoms with Crippen molar-refractivity contribution in [2.45, 2.75) is 19.8 Å². The van der Waals surface area contributed by atoms with Crippen LogP contribution in [0.2, 0.25) is 0 Å². The molecule has 1 aromatic rings. The Morgan fingerprint density at radius 2 is 2.13 bits per heavy atom. The summed E-state index contributed by atoms with van der Waals surface area (Å²) in [6.45, 7) is 3.93. The molecule has 0 unspecified atom stereocenters. The van der Waals surface area contributed by atoms with Gasteiger partial charge >= 0.3 is 0 Å². The van der Waals surface area contributed by atoms with E-state index in [2.05, 4.69) is 9.97 Å². The van der Waals surface area contributed by atoms with Crippen LogP contribution in [-0.4, -0.2) is 29.7 Å². The van der Waals surface area contributed by atoms with Crippen molar-refractivity contribution in [3.05, 3.63) is 12.1 Å². The van der Waals surface area contributed by atoms with E-state index >= 15 is 0 Å². The van der Waals surface area contributed by atoms with Gasteiger partial charge in [-0.15, -0.1) is 0 Å². The number of ether oxygens (including phenoxy) is 1. The largest absolute Gasteiger partial charge is 0.476 e. The van der Waals surface area contributed by atoms with Crippen molar-refractivity contribution in [1.29, 1.82) is 0 Å². The van der Waals surface area contributed by atoms with E-state index in [9.17, 15) is 4.39 Å². The van der Waals surface area contributed by atoms with Gasteiger partial charge in [0.25, 0.3) is 5.88 Å². The first-order valence-corrected chi connectivity index (χ1v) is 5.21. The summed E-state index contributed by atoms with van der Waals surface area (Å²) in [6, 6.07) is 0. The minimum Gasteiger partial charge on any atom is -0.476 e. The number of anilines is 1.